The van der Waals surface area contributed by atoms with Gasteiger partial charge in [0.15, 0.2) is 0 Å². The van der Waals surface area contributed by atoms with Crippen LogP contribution >= 0.6 is 0 Å². The first-order chi connectivity index (χ1) is 10.8. The maximum absolute atomic E-state index is 12.1. The van der Waals surface area contributed by atoms with E-state index >= 15 is 0 Å². The molecule has 3 heterocycles. The van der Waals surface area contributed by atoms with Crippen molar-refractivity contribution in [3.05, 3.63) is 81.4 Å². The van der Waals surface area contributed by atoms with Gasteiger partial charge in [0, 0.05) is 35.6 Å². The van der Waals surface area contributed by atoms with Crippen molar-refractivity contribution in [2.45, 2.75) is 19.4 Å². The summed E-state index contributed by atoms with van der Waals surface area (Å²) in [5.74, 6) is 0. The Bertz CT molecular complexity index is 1030. The molecule has 22 heavy (non-hydrogen) atoms. The molecule has 0 saturated carbocycles. The molecule has 106 valence electrons. The molecule has 0 saturated heterocycles. The molecule has 5 rings (SSSR count). The van der Waals surface area contributed by atoms with Crippen LogP contribution < -0.4 is 5.56 Å². The maximum Gasteiger partial charge on any atom is 0.251 e. The second kappa shape index (κ2) is 4.17. The Morgan fingerprint density at radius 1 is 1.00 bits per heavy atom. The van der Waals surface area contributed by atoms with Gasteiger partial charge in [-0.2, -0.15) is 0 Å². The molecule has 0 unspecified atom stereocenters. The molecule has 3 nitrogen and oxygen atoms in total. The molecule has 2 aromatic heterocycles. The van der Waals surface area contributed by atoms with Gasteiger partial charge >= 0.3 is 0 Å². The third-order valence-electron chi connectivity index (χ3n) is 4.79. The van der Waals surface area contributed by atoms with E-state index in [0.29, 0.717) is 6.54 Å². The summed E-state index contributed by atoms with van der Waals surface area (Å²) >= 11 is 0. The summed E-state index contributed by atoms with van der Waals surface area (Å²) in [7, 11) is 0. The van der Waals surface area contributed by atoms with Crippen LogP contribution in [0.3, 0.4) is 0 Å². The standard InChI is InChI=1S/C19H14N2O/c22-19-7-3-5-14-8-13-10-18-15(16(13)11-21(14)19)9-12-4-1-2-6-17(12)20-18/h1-7,9H,8,10-11H2. The molecular formula is C19H14N2O. The van der Waals surface area contributed by atoms with E-state index in [4.69, 9.17) is 4.98 Å². The van der Waals surface area contributed by atoms with Gasteiger partial charge in [-0.1, -0.05) is 29.8 Å². The quantitative estimate of drug-likeness (QED) is 0.637. The van der Waals surface area contributed by atoms with E-state index in [1.165, 1.54) is 22.1 Å². The van der Waals surface area contributed by atoms with Crippen LogP contribution in [-0.4, -0.2) is 9.55 Å². The minimum atomic E-state index is 0.0891. The summed E-state index contributed by atoms with van der Waals surface area (Å²) in [5.41, 5.74) is 7.36. The molecule has 0 spiro atoms. The van der Waals surface area contributed by atoms with Gasteiger partial charge in [0.25, 0.3) is 5.56 Å². The van der Waals surface area contributed by atoms with E-state index in [1.807, 2.05) is 22.8 Å². The molecule has 1 aliphatic heterocycles. The fraction of sp³-hybridized carbons (Fsp3) is 0.158. The third kappa shape index (κ3) is 1.56. The van der Waals surface area contributed by atoms with E-state index in [-0.39, 0.29) is 5.56 Å². The summed E-state index contributed by atoms with van der Waals surface area (Å²) in [6.45, 7) is 0.678. The van der Waals surface area contributed by atoms with Crippen molar-refractivity contribution in [3.63, 3.8) is 0 Å². The number of nitrogens with zero attached hydrogens (tertiary/aromatic N) is 2. The number of allylic oxidation sites excluding steroid dienone is 2. The Morgan fingerprint density at radius 2 is 1.91 bits per heavy atom. The van der Waals surface area contributed by atoms with Crippen molar-refractivity contribution in [2.24, 2.45) is 0 Å². The smallest absolute Gasteiger partial charge is 0.251 e. The highest BCUT2D eigenvalue weighted by Crippen LogP contribution is 2.38. The summed E-state index contributed by atoms with van der Waals surface area (Å²) in [6.07, 6.45) is 1.77. The SMILES string of the molecule is O=c1cccc2n1CC1=C(Cc3nc4ccccc4cc31)C2. The van der Waals surface area contributed by atoms with Crippen LogP contribution in [0.15, 0.2) is 58.9 Å². The van der Waals surface area contributed by atoms with Crippen molar-refractivity contribution >= 4 is 16.5 Å². The van der Waals surface area contributed by atoms with Gasteiger partial charge in [0.1, 0.15) is 0 Å². The zero-order valence-corrected chi connectivity index (χ0v) is 12.0. The second-order valence-electron chi connectivity index (χ2n) is 6.05. The van der Waals surface area contributed by atoms with Gasteiger partial charge in [0.2, 0.25) is 0 Å². The first-order valence-corrected chi connectivity index (χ1v) is 7.58. The summed E-state index contributed by atoms with van der Waals surface area (Å²) < 4.78 is 1.89. The molecular weight excluding hydrogens is 272 g/mol. The first-order valence-electron chi connectivity index (χ1n) is 7.58. The summed E-state index contributed by atoms with van der Waals surface area (Å²) in [4.78, 5) is 16.9. The summed E-state index contributed by atoms with van der Waals surface area (Å²) in [6, 6.07) is 16.0. The van der Waals surface area contributed by atoms with Crippen molar-refractivity contribution in [1.82, 2.24) is 9.55 Å². The van der Waals surface area contributed by atoms with Gasteiger partial charge in [-0.3, -0.25) is 9.78 Å². The largest absolute Gasteiger partial charge is 0.308 e. The highest BCUT2D eigenvalue weighted by molar-refractivity contribution is 5.87. The number of hydrogen-bond donors (Lipinski definition) is 0. The monoisotopic (exact) mass is 286 g/mol. The third-order valence-corrected chi connectivity index (χ3v) is 4.79. The zero-order valence-electron chi connectivity index (χ0n) is 12.0. The Balaban J connectivity index is 1.70. The average Bonchev–Trinajstić information content (AvgIpc) is 2.88. The summed E-state index contributed by atoms with van der Waals surface area (Å²) in [5, 5.41) is 1.17. The molecule has 0 amide bonds. The van der Waals surface area contributed by atoms with Crippen molar-refractivity contribution in [2.75, 3.05) is 0 Å². The highest BCUT2D eigenvalue weighted by atomic mass is 16.1. The molecule has 0 N–H and O–H groups in total. The fourth-order valence-corrected chi connectivity index (χ4v) is 3.69. The molecule has 3 aromatic rings. The molecule has 2 aliphatic rings. The van der Waals surface area contributed by atoms with Crippen LogP contribution in [0.4, 0.5) is 0 Å². The fourth-order valence-electron chi connectivity index (χ4n) is 3.69. The van der Waals surface area contributed by atoms with Crippen molar-refractivity contribution < 1.29 is 0 Å². The molecule has 0 fully saturated rings. The predicted molar refractivity (Wildman–Crippen MR) is 86.8 cm³/mol. The van der Waals surface area contributed by atoms with Gasteiger partial charge in [-0.05, 0) is 23.8 Å². The average molecular weight is 286 g/mol. The lowest BCUT2D eigenvalue weighted by Gasteiger charge is -2.20. The number of pyridine rings is 2. The normalized spacial score (nSPS) is 15.6. The molecule has 0 bridgehead atoms. The van der Waals surface area contributed by atoms with Crippen LogP contribution in [0.25, 0.3) is 16.5 Å². The van der Waals surface area contributed by atoms with Crippen LogP contribution in [0.1, 0.15) is 17.0 Å². The Morgan fingerprint density at radius 3 is 2.86 bits per heavy atom. The Kier molecular flexibility index (Phi) is 2.26. The van der Waals surface area contributed by atoms with E-state index in [0.717, 1.165) is 29.7 Å². The van der Waals surface area contributed by atoms with Crippen LogP contribution in [-0.2, 0) is 19.4 Å². The van der Waals surface area contributed by atoms with Crippen molar-refractivity contribution in [1.29, 1.82) is 0 Å². The molecule has 1 aliphatic carbocycles. The number of fused-ring (bicyclic) bond motifs is 4. The van der Waals surface area contributed by atoms with Crippen molar-refractivity contribution in [3.8, 4) is 0 Å². The Labute approximate surface area is 127 Å². The van der Waals surface area contributed by atoms with Gasteiger partial charge in [-0.15, -0.1) is 0 Å². The highest BCUT2D eigenvalue weighted by Gasteiger charge is 2.27. The van der Waals surface area contributed by atoms with Crippen LogP contribution in [0.5, 0.6) is 0 Å². The number of para-hydroxylation sites is 1. The van der Waals surface area contributed by atoms with Crippen LogP contribution in [0.2, 0.25) is 0 Å². The van der Waals surface area contributed by atoms with Gasteiger partial charge < -0.3 is 4.57 Å². The molecule has 3 heteroatoms. The topological polar surface area (TPSA) is 34.9 Å². The van der Waals surface area contributed by atoms with E-state index in [2.05, 4.69) is 24.3 Å². The van der Waals surface area contributed by atoms with Gasteiger partial charge in [-0.25, -0.2) is 0 Å². The lowest BCUT2D eigenvalue weighted by atomic mass is 9.98. The second-order valence-corrected chi connectivity index (χ2v) is 6.05. The van der Waals surface area contributed by atoms with E-state index in [1.54, 1.807) is 6.07 Å². The predicted octanol–water partition coefficient (Wildman–Crippen LogP) is 2.96. The Hall–Kier alpha value is -2.68. The zero-order chi connectivity index (χ0) is 14.7. The number of rotatable bonds is 0. The van der Waals surface area contributed by atoms with Crippen LogP contribution in [0, 0.1) is 0 Å². The molecule has 1 aromatic carbocycles. The lowest BCUT2D eigenvalue weighted by Crippen LogP contribution is -2.26. The molecule has 0 radical (unpaired) electrons. The minimum Gasteiger partial charge on any atom is -0.308 e. The maximum atomic E-state index is 12.1. The van der Waals surface area contributed by atoms with E-state index in [9.17, 15) is 4.79 Å². The number of benzene rings is 1. The number of aromatic nitrogens is 2. The molecule has 0 atom stereocenters. The minimum absolute atomic E-state index is 0.0891. The lowest BCUT2D eigenvalue weighted by molar-refractivity contribution is 0.709. The van der Waals surface area contributed by atoms with Gasteiger partial charge in [0.05, 0.1) is 17.8 Å². The first kappa shape index (κ1) is 11.9. The van der Waals surface area contributed by atoms with E-state index < -0.39 is 0 Å². The number of hydrogen-bond acceptors (Lipinski definition) is 2.